The number of benzene rings is 2. The van der Waals surface area contributed by atoms with Crippen molar-refractivity contribution in [1.29, 1.82) is 0 Å². The minimum atomic E-state index is -3.32. The third-order valence-corrected chi connectivity index (χ3v) is 6.15. The first-order valence-electron chi connectivity index (χ1n) is 8.59. The normalized spacial score (nSPS) is 12.3. The molecular formula is C20H20N2O4S2. The Morgan fingerprint density at radius 3 is 2.57 bits per heavy atom. The Labute approximate surface area is 167 Å². The number of aromatic nitrogens is 1. The van der Waals surface area contributed by atoms with Gasteiger partial charge in [0.05, 0.1) is 21.7 Å². The Kier molecular flexibility index (Phi) is 5.81. The van der Waals surface area contributed by atoms with Crippen LogP contribution in [0.2, 0.25) is 0 Å². The number of ether oxygens (including phenoxy) is 1. The molecule has 1 heterocycles. The van der Waals surface area contributed by atoms with Crippen molar-refractivity contribution in [2.45, 2.75) is 18.4 Å². The summed E-state index contributed by atoms with van der Waals surface area (Å²) >= 11 is 1.27. The van der Waals surface area contributed by atoms with Crippen LogP contribution in [0.1, 0.15) is 17.3 Å². The van der Waals surface area contributed by atoms with E-state index in [0.29, 0.717) is 29.3 Å². The second-order valence-electron chi connectivity index (χ2n) is 6.06. The molecule has 2 aromatic carbocycles. The van der Waals surface area contributed by atoms with Gasteiger partial charge in [0.15, 0.2) is 14.6 Å². The maximum absolute atomic E-state index is 12.6. The van der Waals surface area contributed by atoms with E-state index in [-0.39, 0.29) is 10.8 Å². The van der Waals surface area contributed by atoms with Crippen molar-refractivity contribution < 1.29 is 17.9 Å². The van der Waals surface area contributed by atoms with E-state index in [1.54, 1.807) is 48.5 Å². The van der Waals surface area contributed by atoms with Crippen molar-refractivity contribution in [3.63, 3.8) is 0 Å². The van der Waals surface area contributed by atoms with Gasteiger partial charge in [-0.1, -0.05) is 17.4 Å². The van der Waals surface area contributed by atoms with E-state index < -0.39 is 9.84 Å². The third-order valence-electron chi connectivity index (χ3n) is 4.00. The molecule has 3 rings (SSSR count). The van der Waals surface area contributed by atoms with E-state index in [9.17, 15) is 13.2 Å². The summed E-state index contributed by atoms with van der Waals surface area (Å²) in [7, 11) is -3.32. The summed E-state index contributed by atoms with van der Waals surface area (Å²) in [5.41, 5.74) is 1.25. The summed E-state index contributed by atoms with van der Waals surface area (Å²) in [6.07, 6.45) is 2.87. The number of hydrogen-bond donors (Lipinski definition) is 0. The lowest BCUT2D eigenvalue weighted by Crippen LogP contribution is -2.16. The van der Waals surface area contributed by atoms with Crippen molar-refractivity contribution in [3.05, 3.63) is 65.5 Å². The molecule has 0 fully saturated rings. The van der Waals surface area contributed by atoms with Gasteiger partial charge < -0.3 is 9.30 Å². The summed E-state index contributed by atoms with van der Waals surface area (Å²) in [4.78, 5) is 17.6. The van der Waals surface area contributed by atoms with Crippen LogP contribution in [-0.4, -0.2) is 31.8 Å². The Hall–Kier alpha value is -2.71. The zero-order valence-corrected chi connectivity index (χ0v) is 17.2. The largest absolute Gasteiger partial charge is 0.494 e. The fraction of sp³-hybridized carbons (Fsp3) is 0.200. The van der Waals surface area contributed by atoms with Crippen molar-refractivity contribution in [1.82, 2.24) is 4.57 Å². The molecule has 0 N–H and O–H groups in total. The molecule has 146 valence electrons. The first-order valence-corrected chi connectivity index (χ1v) is 11.3. The SMILES string of the molecule is C=CCn1c(=NC(=O)c2ccc(OCC)cc2)sc2cc(S(C)(=O)=O)ccc21. The molecule has 3 aromatic rings. The van der Waals surface area contributed by atoms with Crippen LogP contribution >= 0.6 is 11.3 Å². The second kappa shape index (κ2) is 8.12. The topological polar surface area (TPSA) is 77.7 Å². The van der Waals surface area contributed by atoms with Gasteiger partial charge in [0, 0.05) is 18.4 Å². The highest BCUT2D eigenvalue weighted by Gasteiger charge is 2.13. The number of sulfone groups is 1. The molecule has 28 heavy (non-hydrogen) atoms. The zero-order valence-electron chi connectivity index (χ0n) is 15.6. The van der Waals surface area contributed by atoms with E-state index in [2.05, 4.69) is 11.6 Å². The molecule has 0 saturated heterocycles. The smallest absolute Gasteiger partial charge is 0.279 e. The molecule has 0 unspecified atom stereocenters. The number of rotatable bonds is 6. The Bertz CT molecular complexity index is 1200. The Balaban J connectivity index is 2.08. The summed E-state index contributed by atoms with van der Waals surface area (Å²) in [6, 6.07) is 11.7. The molecule has 0 saturated carbocycles. The number of fused-ring (bicyclic) bond motifs is 1. The highest BCUT2D eigenvalue weighted by Crippen LogP contribution is 2.22. The summed E-state index contributed by atoms with van der Waals surface area (Å²) < 4.78 is 31.6. The second-order valence-corrected chi connectivity index (χ2v) is 9.08. The molecule has 0 aliphatic heterocycles. The van der Waals surface area contributed by atoms with Crippen molar-refractivity contribution in [2.75, 3.05) is 12.9 Å². The number of thiazole rings is 1. The third kappa shape index (κ3) is 4.23. The monoisotopic (exact) mass is 416 g/mol. The van der Waals surface area contributed by atoms with E-state index in [0.717, 1.165) is 10.2 Å². The highest BCUT2D eigenvalue weighted by molar-refractivity contribution is 7.90. The van der Waals surface area contributed by atoms with E-state index >= 15 is 0 Å². The van der Waals surface area contributed by atoms with Gasteiger partial charge in [-0.3, -0.25) is 4.79 Å². The predicted molar refractivity (Wildman–Crippen MR) is 111 cm³/mol. The maximum Gasteiger partial charge on any atom is 0.279 e. The number of allylic oxidation sites excluding steroid dienone is 1. The van der Waals surface area contributed by atoms with Crippen LogP contribution in [0.5, 0.6) is 5.75 Å². The molecule has 0 radical (unpaired) electrons. The summed E-state index contributed by atoms with van der Waals surface area (Å²) in [6.45, 7) is 6.65. The number of carbonyl (C=O) groups excluding carboxylic acids is 1. The molecule has 1 amide bonds. The molecule has 0 spiro atoms. The fourth-order valence-electron chi connectivity index (χ4n) is 2.69. The van der Waals surface area contributed by atoms with Gasteiger partial charge in [-0.25, -0.2) is 8.42 Å². The lowest BCUT2D eigenvalue weighted by atomic mass is 10.2. The number of nitrogens with zero attached hydrogens (tertiary/aromatic N) is 2. The van der Waals surface area contributed by atoms with Crippen LogP contribution in [0.25, 0.3) is 10.2 Å². The lowest BCUT2D eigenvalue weighted by Gasteiger charge is -2.03. The summed E-state index contributed by atoms with van der Waals surface area (Å²) in [5.74, 6) is 0.312. The average Bonchev–Trinajstić information content (AvgIpc) is 2.99. The van der Waals surface area contributed by atoms with Crippen molar-refractivity contribution in [2.24, 2.45) is 4.99 Å². The van der Waals surface area contributed by atoms with Gasteiger partial charge in [0.2, 0.25) is 0 Å². The van der Waals surface area contributed by atoms with Crippen molar-refractivity contribution in [3.8, 4) is 5.75 Å². The average molecular weight is 417 g/mol. The quantitative estimate of drug-likeness (QED) is 0.577. The van der Waals surface area contributed by atoms with Crippen molar-refractivity contribution >= 4 is 37.3 Å². The number of hydrogen-bond acceptors (Lipinski definition) is 5. The van der Waals surface area contributed by atoms with Crippen LogP contribution in [0, 0.1) is 0 Å². The molecule has 0 atom stereocenters. The number of amides is 1. The Morgan fingerprint density at radius 2 is 1.96 bits per heavy atom. The van der Waals surface area contributed by atoms with E-state index in [1.807, 2.05) is 11.5 Å². The van der Waals surface area contributed by atoms with Crippen LogP contribution in [0.4, 0.5) is 0 Å². The minimum absolute atomic E-state index is 0.233. The minimum Gasteiger partial charge on any atom is -0.494 e. The van der Waals surface area contributed by atoms with Gasteiger partial charge in [-0.2, -0.15) is 4.99 Å². The molecule has 0 aliphatic rings. The molecule has 6 nitrogen and oxygen atoms in total. The van der Waals surface area contributed by atoms with Gasteiger partial charge in [0.25, 0.3) is 5.91 Å². The van der Waals surface area contributed by atoms with Gasteiger partial charge in [0.1, 0.15) is 5.75 Å². The lowest BCUT2D eigenvalue weighted by molar-refractivity contribution is 0.0998. The predicted octanol–water partition coefficient (Wildman–Crippen LogP) is 3.43. The summed E-state index contributed by atoms with van der Waals surface area (Å²) in [5, 5.41) is 0. The van der Waals surface area contributed by atoms with Crippen LogP contribution in [0.15, 0.2) is 65.0 Å². The number of carbonyl (C=O) groups is 1. The van der Waals surface area contributed by atoms with Gasteiger partial charge in [-0.05, 0) is 49.4 Å². The van der Waals surface area contributed by atoms with E-state index in [1.165, 1.54) is 17.6 Å². The zero-order chi connectivity index (χ0) is 20.3. The highest BCUT2D eigenvalue weighted by atomic mass is 32.2. The molecule has 1 aromatic heterocycles. The first kappa shape index (κ1) is 20.0. The molecule has 0 bridgehead atoms. The fourth-order valence-corrected chi connectivity index (χ4v) is 4.49. The van der Waals surface area contributed by atoms with Gasteiger partial charge in [-0.15, -0.1) is 6.58 Å². The molecule has 0 aliphatic carbocycles. The molecular weight excluding hydrogens is 396 g/mol. The van der Waals surface area contributed by atoms with Crippen LogP contribution in [0.3, 0.4) is 0 Å². The first-order chi connectivity index (χ1) is 13.3. The standard InChI is InChI=1S/C20H20N2O4S2/c1-4-12-22-17-11-10-16(28(3,24)25)13-18(17)27-20(22)21-19(23)14-6-8-15(9-7-14)26-5-2/h4,6-11,13H,1,5,12H2,2-3H3. The van der Waals surface area contributed by atoms with E-state index in [4.69, 9.17) is 4.74 Å². The van der Waals surface area contributed by atoms with Crippen LogP contribution in [-0.2, 0) is 16.4 Å². The van der Waals surface area contributed by atoms with Gasteiger partial charge >= 0.3 is 0 Å². The molecule has 8 heteroatoms. The Morgan fingerprint density at radius 1 is 1.25 bits per heavy atom. The van der Waals surface area contributed by atoms with Crippen LogP contribution < -0.4 is 9.54 Å². The maximum atomic E-state index is 12.6.